The van der Waals surface area contributed by atoms with Crippen LogP contribution in [0, 0.1) is 11.3 Å². The van der Waals surface area contributed by atoms with Crippen molar-refractivity contribution in [3.05, 3.63) is 29.8 Å². The summed E-state index contributed by atoms with van der Waals surface area (Å²) < 4.78 is 60.1. The van der Waals surface area contributed by atoms with E-state index in [0.717, 1.165) is 6.26 Å². The molecule has 1 N–H and O–H groups in total. The minimum absolute atomic E-state index is 0.0173. The smallest absolute Gasteiger partial charge is 0.345 e. The summed E-state index contributed by atoms with van der Waals surface area (Å²) in [6.07, 6.45) is -3.78. The number of sulfonamides is 1. The molecule has 0 saturated heterocycles. The van der Waals surface area contributed by atoms with Gasteiger partial charge in [0.1, 0.15) is 13.1 Å². The summed E-state index contributed by atoms with van der Waals surface area (Å²) >= 11 is 0. The number of benzene rings is 1. The minimum atomic E-state index is -4.59. The molecule has 0 aliphatic rings. The van der Waals surface area contributed by atoms with Gasteiger partial charge in [0.05, 0.1) is 23.6 Å². The zero-order valence-corrected chi connectivity index (χ0v) is 12.2. The zero-order valence-electron chi connectivity index (χ0n) is 11.4. The lowest BCUT2D eigenvalue weighted by Gasteiger charge is -2.22. The van der Waals surface area contributed by atoms with Crippen LogP contribution in [0.5, 0.6) is 0 Å². The van der Waals surface area contributed by atoms with Crippen molar-refractivity contribution in [2.24, 2.45) is 0 Å². The van der Waals surface area contributed by atoms with E-state index in [1.165, 1.54) is 24.3 Å². The van der Waals surface area contributed by atoms with Crippen molar-refractivity contribution in [2.45, 2.75) is 6.18 Å². The van der Waals surface area contributed by atoms with Gasteiger partial charge in [0, 0.05) is 0 Å². The molecule has 0 fully saturated rings. The summed E-state index contributed by atoms with van der Waals surface area (Å²) in [6.45, 7) is -2.37. The van der Waals surface area contributed by atoms with E-state index < -0.39 is 35.2 Å². The first-order valence-corrected chi connectivity index (χ1v) is 7.69. The lowest BCUT2D eigenvalue weighted by atomic mass is 10.2. The number of rotatable bonds is 5. The van der Waals surface area contributed by atoms with Crippen LogP contribution < -0.4 is 9.62 Å². The second-order valence-electron chi connectivity index (χ2n) is 4.32. The monoisotopic (exact) mass is 335 g/mol. The van der Waals surface area contributed by atoms with Gasteiger partial charge in [-0.05, 0) is 18.2 Å². The third-order valence-electron chi connectivity index (χ3n) is 2.44. The van der Waals surface area contributed by atoms with Crippen LogP contribution >= 0.6 is 0 Å². The van der Waals surface area contributed by atoms with Crippen LogP contribution in [0.4, 0.5) is 18.9 Å². The van der Waals surface area contributed by atoms with Gasteiger partial charge in [0.25, 0.3) is 0 Å². The summed E-state index contributed by atoms with van der Waals surface area (Å²) in [6, 6.07) is 7.18. The Balaban J connectivity index is 2.96. The van der Waals surface area contributed by atoms with E-state index in [9.17, 15) is 26.4 Å². The summed E-state index contributed by atoms with van der Waals surface area (Å²) in [4.78, 5) is 11.5. The molecule has 1 rings (SSSR count). The highest BCUT2D eigenvalue weighted by atomic mass is 32.2. The van der Waals surface area contributed by atoms with Crippen LogP contribution in [-0.4, -0.2) is 39.8 Å². The molecule has 0 atom stereocenters. The fraction of sp³-hybridized carbons (Fsp3) is 0.333. The van der Waals surface area contributed by atoms with Gasteiger partial charge in [0.15, 0.2) is 0 Å². The number of amides is 1. The summed E-state index contributed by atoms with van der Waals surface area (Å²) in [5.41, 5.74) is 0.172. The second kappa shape index (κ2) is 6.65. The zero-order chi connectivity index (χ0) is 17.0. The molecule has 120 valence electrons. The molecular formula is C12H12F3N3O3S. The number of nitriles is 1. The Labute approximate surface area is 125 Å². The molecule has 1 amide bonds. The quantitative estimate of drug-likeness (QED) is 0.869. The van der Waals surface area contributed by atoms with Gasteiger partial charge in [-0.1, -0.05) is 6.07 Å². The van der Waals surface area contributed by atoms with E-state index in [2.05, 4.69) is 0 Å². The Morgan fingerprint density at radius 2 is 2.05 bits per heavy atom. The molecule has 1 aromatic carbocycles. The van der Waals surface area contributed by atoms with E-state index in [4.69, 9.17) is 5.26 Å². The minimum Gasteiger partial charge on any atom is -0.345 e. The second-order valence-corrected chi connectivity index (χ2v) is 6.23. The highest BCUT2D eigenvalue weighted by Gasteiger charge is 2.29. The van der Waals surface area contributed by atoms with Crippen molar-refractivity contribution in [2.75, 3.05) is 23.7 Å². The van der Waals surface area contributed by atoms with Gasteiger partial charge in [-0.25, -0.2) is 8.42 Å². The maximum atomic E-state index is 12.0. The Bertz CT molecular complexity index is 696. The van der Waals surface area contributed by atoms with Crippen LogP contribution in [-0.2, 0) is 14.8 Å². The van der Waals surface area contributed by atoms with Crippen LogP contribution in [0.1, 0.15) is 5.56 Å². The molecule has 0 heterocycles. The molecule has 10 heteroatoms. The SMILES string of the molecule is CS(=O)(=O)N(CC(=O)NCC(F)(F)F)c1cccc(C#N)c1. The van der Waals surface area contributed by atoms with Crippen LogP contribution in [0.25, 0.3) is 0 Å². The average Bonchev–Trinajstić information content (AvgIpc) is 2.40. The predicted molar refractivity (Wildman–Crippen MR) is 72.4 cm³/mol. The lowest BCUT2D eigenvalue weighted by Crippen LogP contribution is -2.43. The van der Waals surface area contributed by atoms with Crippen molar-refractivity contribution in [1.29, 1.82) is 5.26 Å². The Morgan fingerprint density at radius 3 is 2.55 bits per heavy atom. The largest absolute Gasteiger partial charge is 0.405 e. The highest BCUT2D eigenvalue weighted by molar-refractivity contribution is 7.92. The normalized spacial score (nSPS) is 11.6. The Morgan fingerprint density at radius 1 is 1.41 bits per heavy atom. The topological polar surface area (TPSA) is 90.3 Å². The van der Waals surface area contributed by atoms with Crippen molar-refractivity contribution < 1.29 is 26.4 Å². The maximum absolute atomic E-state index is 12.0. The maximum Gasteiger partial charge on any atom is 0.405 e. The van der Waals surface area contributed by atoms with Crippen LogP contribution in [0.3, 0.4) is 0 Å². The van der Waals surface area contributed by atoms with Gasteiger partial charge < -0.3 is 5.32 Å². The van der Waals surface area contributed by atoms with E-state index in [1.807, 2.05) is 0 Å². The lowest BCUT2D eigenvalue weighted by molar-refractivity contribution is -0.137. The third kappa shape index (κ3) is 5.61. The van der Waals surface area contributed by atoms with E-state index in [-0.39, 0.29) is 11.3 Å². The predicted octanol–water partition coefficient (Wildman–Crippen LogP) is 1.00. The number of carbonyl (C=O) groups is 1. The molecule has 22 heavy (non-hydrogen) atoms. The molecule has 0 saturated carbocycles. The highest BCUT2D eigenvalue weighted by Crippen LogP contribution is 2.19. The first kappa shape index (κ1) is 17.8. The van der Waals surface area contributed by atoms with Gasteiger partial charge in [-0.15, -0.1) is 0 Å². The first-order valence-electron chi connectivity index (χ1n) is 5.84. The molecular weight excluding hydrogens is 323 g/mol. The van der Waals surface area contributed by atoms with E-state index in [0.29, 0.717) is 4.31 Å². The number of halogens is 3. The van der Waals surface area contributed by atoms with Gasteiger partial charge in [0.2, 0.25) is 15.9 Å². The van der Waals surface area contributed by atoms with Crippen molar-refractivity contribution in [1.82, 2.24) is 5.32 Å². The molecule has 0 radical (unpaired) electrons. The number of carbonyl (C=O) groups excluding carboxylic acids is 1. The Hall–Kier alpha value is -2.28. The van der Waals surface area contributed by atoms with Crippen molar-refractivity contribution in [3.8, 4) is 6.07 Å². The molecule has 6 nitrogen and oxygen atoms in total. The molecule has 1 aromatic rings. The van der Waals surface area contributed by atoms with E-state index >= 15 is 0 Å². The summed E-state index contributed by atoms with van der Waals surface area (Å²) in [5.74, 6) is -1.11. The van der Waals surface area contributed by atoms with Crippen LogP contribution in [0.15, 0.2) is 24.3 Å². The third-order valence-corrected chi connectivity index (χ3v) is 3.58. The molecule has 0 aromatic heterocycles. The standard InChI is InChI=1S/C12H12F3N3O3S/c1-22(20,21)18(7-11(19)17-8-12(13,14)15)10-4-2-3-9(5-10)6-16/h2-5H,7-8H2,1H3,(H,17,19). The van der Waals surface area contributed by atoms with Crippen LogP contribution in [0.2, 0.25) is 0 Å². The molecule has 0 bridgehead atoms. The number of hydrogen-bond acceptors (Lipinski definition) is 4. The number of nitrogens with one attached hydrogen (secondary N) is 1. The molecule has 0 unspecified atom stereocenters. The number of anilines is 1. The number of nitrogens with zero attached hydrogens (tertiary/aromatic N) is 2. The number of hydrogen-bond donors (Lipinski definition) is 1. The van der Waals surface area contributed by atoms with E-state index in [1.54, 1.807) is 11.4 Å². The van der Waals surface area contributed by atoms with Crippen molar-refractivity contribution in [3.63, 3.8) is 0 Å². The fourth-order valence-corrected chi connectivity index (χ4v) is 2.36. The van der Waals surface area contributed by atoms with Crippen molar-refractivity contribution >= 4 is 21.6 Å². The number of alkyl halides is 3. The molecule has 0 aliphatic carbocycles. The fourth-order valence-electron chi connectivity index (χ4n) is 1.52. The average molecular weight is 335 g/mol. The summed E-state index contributed by atoms with van der Waals surface area (Å²) in [7, 11) is -3.91. The summed E-state index contributed by atoms with van der Waals surface area (Å²) in [5, 5.41) is 10.4. The van der Waals surface area contributed by atoms with Gasteiger partial charge in [-0.2, -0.15) is 18.4 Å². The molecule has 0 aliphatic heterocycles. The molecule has 0 spiro atoms. The Kier molecular flexibility index (Phi) is 5.38. The van der Waals surface area contributed by atoms with Gasteiger partial charge in [-0.3, -0.25) is 9.10 Å². The van der Waals surface area contributed by atoms with Gasteiger partial charge >= 0.3 is 6.18 Å². The first-order chi connectivity index (χ1) is 10.0.